The third-order valence-electron chi connectivity index (χ3n) is 4.50. The fourth-order valence-corrected chi connectivity index (χ4v) is 3.52. The lowest BCUT2D eigenvalue weighted by Gasteiger charge is -2.29. The van der Waals surface area contributed by atoms with Crippen molar-refractivity contribution < 1.29 is 29.4 Å². The van der Waals surface area contributed by atoms with Gasteiger partial charge in [-0.25, -0.2) is 0 Å². The second-order valence-electron chi connectivity index (χ2n) is 7.10. The van der Waals surface area contributed by atoms with Crippen LogP contribution in [-0.4, -0.2) is 76.8 Å². The van der Waals surface area contributed by atoms with Gasteiger partial charge in [0.15, 0.2) is 6.04 Å². The standard InChI is InChI=1S/C18H28N4O6S/c1-5-12(16(27)20-7-13(23)19-8-14(24)25)21-17(28)18(6-11(18)9-29-4)22-15(26)10(2)3/h1,10-12,17,21,28H,6-9H2,2-4H3,(H,19,23)(H,20,27)(H,22,26)(H,24,25)/t11?,12-,17?,18?/m0/s1. The average molecular weight is 429 g/mol. The van der Waals surface area contributed by atoms with E-state index < -0.39 is 48.7 Å². The van der Waals surface area contributed by atoms with E-state index in [0.29, 0.717) is 12.2 Å². The number of carboxylic acid groups (broad SMARTS) is 1. The molecule has 29 heavy (non-hydrogen) atoms. The van der Waals surface area contributed by atoms with Crippen LogP contribution in [0.4, 0.5) is 0 Å². The average Bonchev–Trinajstić information content (AvgIpc) is 3.35. The third kappa shape index (κ3) is 7.23. The Bertz CT molecular complexity index is 680. The Labute approximate surface area is 173 Å². The van der Waals surface area contributed by atoms with Gasteiger partial charge in [-0.15, -0.1) is 6.42 Å². The zero-order chi connectivity index (χ0) is 22.2. The van der Waals surface area contributed by atoms with Crippen LogP contribution in [0, 0.1) is 24.2 Å². The summed E-state index contributed by atoms with van der Waals surface area (Å²) in [7, 11) is 0. The summed E-state index contributed by atoms with van der Waals surface area (Å²) in [5, 5.41) is 29.1. The van der Waals surface area contributed by atoms with Crippen LogP contribution < -0.4 is 21.3 Å². The molecule has 0 heterocycles. The Morgan fingerprint density at radius 1 is 1.21 bits per heavy atom. The largest absolute Gasteiger partial charge is 0.480 e. The lowest BCUT2D eigenvalue weighted by molar-refractivity contribution is -0.137. The highest BCUT2D eigenvalue weighted by Crippen LogP contribution is 2.47. The van der Waals surface area contributed by atoms with Crippen molar-refractivity contribution in [1.29, 1.82) is 0 Å². The minimum absolute atomic E-state index is 0.0194. The molecule has 3 unspecified atom stereocenters. The van der Waals surface area contributed by atoms with Gasteiger partial charge in [-0.1, -0.05) is 19.8 Å². The van der Waals surface area contributed by atoms with Crippen LogP contribution in [0.5, 0.6) is 0 Å². The lowest BCUT2D eigenvalue weighted by Crippen LogP contribution is -2.59. The molecule has 11 heteroatoms. The van der Waals surface area contributed by atoms with E-state index in [4.69, 9.17) is 11.5 Å². The molecule has 10 nitrogen and oxygen atoms in total. The van der Waals surface area contributed by atoms with Crippen LogP contribution in [0.1, 0.15) is 20.3 Å². The minimum atomic E-state index is -1.27. The smallest absolute Gasteiger partial charge is 0.322 e. The van der Waals surface area contributed by atoms with E-state index in [1.54, 1.807) is 25.6 Å². The molecule has 1 saturated carbocycles. The van der Waals surface area contributed by atoms with E-state index in [-0.39, 0.29) is 17.7 Å². The second kappa shape index (κ2) is 11.0. The number of hydrogen-bond donors (Lipinski definition) is 6. The first-order valence-corrected chi connectivity index (χ1v) is 10.4. The van der Waals surface area contributed by atoms with E-state index in [2.05, 4.69) is 27.2 Å². The van der Waals surface area contributed by atoms with Gasteiger partial charge in [-0.3, -0.25) is 24.5 Å². The fourth-order valence-electron chi connectivity index (χ4n) is 2.70. The molecule has 0 aromatic carbocycles. The molecule has 6 N–H and O–H groups in total. The van der Waals surface area contributed by atoms with Gasteiger partial charge in [0.2, 0.25) is 17.7 Å². The van der Waals surface area contributed by atoms with Crippen LogP contribution in [-0.2, 0) is 19.2 Å². The molecular weight excluding hydrogens is 400 g/mol. The SMILES string of the molecule is C#C[C@H](NC(O)C1(NC(=O)C(C)C)CC1CSC)C(=O)NCC(=O)NCC(=O)O. The van der Waals surface area contributed by atoms with Crippen molar-refractivity contribution in [3.63, 3.8) is 0 Å². The molecule has 0 saturated heterocycles. The van der Waals surface area contributed by atoms with Crippen LogP contribution in [0.25, 0.3) is 0 Å². The summed E-state index contributed by atoms with van der Waals surface area (Å²) in [5.74, 6) is -0.191. The number of carbonyl (C=O) groups is 4. The van der Waals surface area contributed by atoms with Crippen LogP contribution in [0.3, 0.4) is 0 Å². The van der Waals surface area contributed by atoms with Crippen molar-refractivity contribution in [3.05, 3.63) is 0 Å². The molecular formula is C18H28N4O6S. The molecule has 1 fully saturated rings. The monoisotopic (exact) mass is 428 g/mol. The van der Waals surface area contributed by atoms with E-state index >= 15 is 0 Å². The number of rotatable bonds is 12. The predicted molar refractivity (Wildman–Crippen MR) is 108 cm³/mol. The number of hydrogen-bond acceptors (Lipinski definition) is 7. The van der Waals surface area contributed by atoms with Crippen LogP contribution >= 0.6 is 11.8 Å². The van der Waals surface area contributed by atoms with Crippen molar-refractivity contribution in [2.75, 3.05) is 25.1 Å². The van der Waals surface area contributed by atoms with E-state index in [1.807, 2.05) is 6.26 Å². The summed E-state index contributed by atoms with van der Waals surface area (Å²) in [5.41, 5.74) is -0.918. The van der Waals surface area contributed by atoms with Crippen molar-refractivity contribution in [3.8, 4) is 12.3 Å². The van der Waals surface area contributed by atoms with Crippen molar-refractivity contribution in [2.24, 2.45) is 11.8 Å². The Balaban J connectivity index is 2.69. The molecule has 3 amide bonds. The summed E-state index contributed by atoms with van der Waals surface area (Å²) in [4.78, 5) is 46.3. The zero-order valence-corrected chi connectivity index (χ0v) is 17.5. The highest BCUT2D eigenvalue weighted by molar-refractivity contribution is 7.98. The van der Waals surface area contributed by atoms with Crippen molar-refractivity contribution >= 4 is 35.5 Å². The Morgan fingerprint density at radius 3 is 2.38 bits per heavy atom. The highest BCUT2D eigenvalue weighted by atomic mass is 32.2. The molecule has 1 rings (SSSR count). The summed E-state index contributed by atoms with van der Waals surface area (Å²) in [6.45, 7) is 2.44. The number of nitrogens with one attached hydrogen (secondary N) is 4. The maximum Gasteiger partial charge on any atom is 0.322 e. The minimum Gasteiger partial charge on any atom is -0.480 e. The molecule has 0 aromatic heterocycles. The number of aliphatic hydroxyl groups excluding tert-OH is 1. The van der Waals surface area contributed by atoms with Crippen molar-refractivity contribution in [1.82, 2.24) is 21.3 Å². The normalized spacial score (nSPS) is 22.1. The Kier molecular flexibility index (Phi) is 9.42. The van der Waals surface area contributed by atoms with Gasteiger partial charge >= 0.3 is 5.97 Å². The summed E-state index contributed by atoms with van der Waals surface area (Å²) in [6.07, 6.45) is 6.57. The molecule has 0 radical (unpaired) electrons. The number of terminal acetylenes is 1. The van der Waals surface area contributed by atoms with Gasteiger partial charge < -0.3 is 26.2 Å². The van der Waals surface area contributed by atoms with Crippen LogP contribution in [0.2, 0.25) is 0 Å². The topological polar surface area (TPSA) is 157 Å². The van der Waals surface area contributed by atoms with E-state index in [9.17, 15) is 24.3 Å². The van der Waals surface area contributed by atoms with Gasteiger partial charge in [-0.05, 0) is 24.3 Å². The maximum absolute atomic E-state index is 12.2. The Hall–Kier alpha value is -2.29. The summed E-state index contributed by atoms with van der Waals surface area (Å²) >= 11 is 1.58. The first-order valence-electron chi connectivity index (χ1n) is 9.04. The highest BCUT2D eigenvalue weighted by Gasteiger charge is 2.60. The summed E-state index contributed by atoms with van der Waals surface area (Å²) in [6, 6.07) is -1.25. The number of carbonyl (C=O) groups excluding carboxylic acids is 3. The van der Waals surface area contributed by atoms with Gasteiger partial charge in [0.25, 0.3) is 0 Å². The number of carboxylic acids is 1. The zero-order valence-electron chi connectivity index (χ0n) is 16.7. The molecule has 162 valence electrons. The number of thioether (sulfide) groups is 1. The van der Waals surface area contributed by atoms with Gasteiger partial charge in [-0.2, -0.15) is 11.8 Å². The van der Waals surface area contributed by atoms with Crippen molar-refractivity contribution in [2.45, 2.75) is 38.1 Å². The molecule has 0 aromatic rings. The van der Waals surface area contributed by atoms with E-state index in [1.165, 1.54) is 0 Å². The molecule has 1 aliphatic carbocycles. The molecule has 4 atom stereocenters. The van der Waals surface area contributed by atoms with Gasteiger partial charge in [0.1, 0.15) is 12.8 Å². The molecule has 0 aliphatic heterocycles. The lowest BCUT2D eigenvalue weighted by atomic mass is 10.1. The molecule has 0 bridgehead atoms. The second-order valence-corrected chi connectivity index (χ2v) is 8.01. The maximum atomic E-state index is 12.2. The summed E-state index contributed by atoms with van der Waals surface area (Å²) < 4.78 is 0. The molecule has 1 aliphatic rings. The van der Waals surface area contributed by atoms with Gasteiger partial charge in [0.05, 0.1) is 12.1 Å². The first kappa shape index (κ1) is 24.7. The molecule has 0 spiro atoms. The number of aliphatic carboxylic acids is 1. The number of amides is 3. The van der Waals surface area contributed by atoms with Gasteiger partial charge in [0, 0.05) is 5.92 Å². The fraction of sp³-hybridized carbons (Fsp3) is 0.667. The van der Waals surface area contributed by atoms with Crippen LogP contribution in [0.15, 0.2) is 0 Å². The third-order valence-corrected chi connectivity index (χ3v) is 5.24. The quantitative estimate of drug-likeness (QED) is 0.156. The predicted octanol–water partition coefficient (Wildman–Crippen LogP) is -1.89. The first-order chi connectivity index (χ1) is 13.6. The number of aliphatic hydroxyl groups is 1. The van der Waals surface area contributed by atoms with E-state index in [0.717, 1.165) is 0 Å². The Morgan fingerprint density at radius 2 is 1.86 bits per heavy atom.